The molecule has 0 aromatic heterocycles. The molecule has 2 nitrogen and oxygen atoms in total. The van der Waals surface area contributed by atoms with Gasteiger partial charge < -0.3 is 5.73 Å². The Morgan fingerprint density at radius 1 is 0.833 bits per heavy atom. The van der Waals surface area contributed by atoms with Crippen molar-refractivity contribution < 1.29 is 4.79 Å². The molecule has 0 aliphatic heterocycles. The summed E-state index contributed by atoms with van der Waals surface area (Å²) in [5, 5.41) is 0. The van der Waals surface area contributed by atoms with Gasteiger partial charge in [0.1, 0.15) is 0 Å². The van der Waals surface area contributed by atoms with Crippen molar-refractivity contribution in [1.82, 2.24) is 0 Å². The molecule has 3 rings (SSSR count). The highest BCUT2D eigenvalue weighted by atomic mass is 16.1. The fourth-order valence-corrected chi connectivity index (χ4v) is 2.37. The molecular weight excluding hydrogens is 222 g/mol. The topological polar surface area (TPSA) is 43.1 Å². The Labute approximate surface area is 106 Å². The van der Waals surface area contributed by atoms with Crippen molar-refractivity contribution in [2.75, 3.05) is 0 Å². The Balaban J connectivity index is 2.21. The predicted molar refractivity (Wildman–Crippen MR) is 72.8 cm³/mol. The second-order valence-corrected chi connectivity index (χ2v) is 4.40. The maximum absolute atomic E-state index is 12.1. The second-order valence-electron chi connectivity index (χ2n) is 4.40. The molecule has 0 radical (unpaired) electrons. The molecule has 0 bridgehead atoms. The van der Waals surface area contributed by atoms with E-state index in [9.17, 15) is 4.79 Å². The number of carbonyl (C=O) groups excluding carboxylic acids is 1. The summed E-state index contributed by atoms with van der Waals surface area (Å²) >= 11 is 0. The van der Waals surface area contributed by atoms with Crippen molar-refractivity contribution in [2.45, 2.75) is 6.42 Å². The number of benzene rings is 2. The molecule has 0 spiro atoms. The van der Waals surface area contributed by atoms with Crippen molar-refractivity contribution in [3.63, 3.8) is 0 Å². The zero-order valence-electron chi connectivity index (χ0n) is 9.89. The van der Waals surface area contributed by atoms with E-state index in [2.05, 4.69) is 0 Å². The Morgan fingerprint density at radius 2 is 1.44 bits per heavy atom. The lowest BCUT2D eigenvalue weighted by molar-refractivity contribution is 0.0997. The molecule has 0 saturated carbocycles. The summed E-state index contributed by atoms with van der Waals surface area (Å²) in [7, 11) is 0. The summed E-state index contributed by atoms with van der Waals surface area (Å²) in [5.74, 6) is 0.138. The summed E-state index contributed by atoms with van der Waals surface area (Å²) in [6, 6.07) is 17.4. The maximum atomic E-state index is 12.1. The molecule has 18 heavy (non-hydrogen) atoms. The minimum absolute atomic E-state index is 0.138. The molecule has 1 aliphatic carbocycles. The van der Waals surface area contributed by atoms with Crippen LogP contribution in [0.2, 0.25) is 0 Å². The van der Waals surface area contributed by atoms with Gasteiger partial charge in [-0.2, -0.15) is 0 Å². The van der Waals surface area contributed by atoms with Crippen molar-refractivity contribution in [1.29, 1.82) is 0 Å². The summed E-state index contributed by atoms with van der Waals surface area (Å²) in [4.78, 5) is 12.1. The number of fused-ring (bicyclic) bond motifs is 1. The van der Waals surface area contributed by atoms with Crippen LogP contribution in [-0.2, 0) is 0 Å². The lowest BCUT2D eigenvalue weighted by Gasteiger charge is -2.20. The molecule has 1 aliphatic rings. The first-order valence-electron chi connectivity index (χ1n) is 5.94. The van der Waals surface area contributed by atoms with Gasteiger partial charge in [0.25, 0.3) is 0 Å². The van der Waals surface area contributed by atoms with E-state index in [1.165, 1.54) is 0 Å². The van der Waals surface area contributed by atoms with E-state index in [-0.39, 0.29) is 5.78 Å². The van der Waals surface area contributed by atoms with Crippen LogP contribution in [0.15, 0.2) is 54.6 Å². The summed E-state index contributed by atoms with van der Waals surface area (Å²) < 4.78 is 0. The van der Waals surface area contributed by atoms with E-state index in [4.69, 9.17) is 5.73 Å². The van der Waals surface area contributed by atoms with Crippen molar-refractivity contribution in [3.8, 4) is 0 Å². The third kappa shape index (κ3) is 1.63. The summed E-state index contributed by atoms with van der Waals surface area (Å²) in [6.45, 7) is 0. The zero-order valence-corrected chi connectivity index (χ0v) is 9.89. The van der Waals surface area contributed by atoms with Gasteiger partial charge in [0.15, 0.2) is 5.78 Å². The molecule has 0 heterocycles. The maximum Gasteiger partial charge on any atom is 0.168 e. The average Bonchev–Trinajstić information content (AvgIpc) is 2.44. The second kappa shape index (κ2) is 4.15. The Morgan fingerprint density at radius 3 is 2.17 bits per heavy atom. The Bertz CT molecular complexity index is 641. The van der Waals surface area contributed by atoms with Gasteiger partial charge in [0.2, 0.25) is 0 Å². The monoisotopic (exact) mass is 235 g/mol. The quantitative estimate of drug-likeness (QED) is 0.825. The molecule has 2 N–H and O–H groups in total. The van der Waals surface area contributed by atoms with Gasteiger partial charge in [-0.25, -0.2) is 0 Å². The molecule has 2 aromatic rings. The number of allylic oxidation sites excluding steroid dienone is 1. The standard InChI is InChI=1S/C16H13NO/c17-16-13-9-5-4-8-12(13)15(18)10-14(16)11-6-2-1-3-7-11/h1-9H,10,17H2. The van der Waals surface area contributed by atoms with Crippen molar-refractivity contribution >= 4 is 17.1 Å². The number of hydrogen-bond acceptors (Lipinski definition) is 2. The number of Topliss-reactive ketones (excluding diaryl/α,β-unsaturated/α-hetero) is 1. The number of hydrogen-bond donors (Lipinski definition) is 1. The SMILES string of the molecule is NC1=C(c2ccccc2)CC(=O)c2ccccc21. The van der Waals surface area contributed by atoms with Crippen molar-refractivity contribution in [2.24, 2.45) is 5.73 Å². The molecule has 0 fully saturated rings. The molecule has 88 valence electrons. The first-order chi connectivity index (χ1) is 8.77. The normalized spacial score (nSPS) is 14.6. The van der Waals surface area contributed by atoms with E-state index in [1.807, 2.05) is 54.6 Å². The van der Waals surface area contributed by atoms with E-state index < -0.39 is 0 Å². The van der Waals surface area contributed by atoms with Gasteiger partial charge >= 0.3 is 0 Å². The highest BCUT2D eigenvalue weighted by Crippen LogP contribution is 2.33. The molecule has 0 unspecified atom stereocenters. The van der Waals surface area contributed by atoms with Crippen LogP contribution < -0.4 is 5.73 Å². The van der Waals surface area contributed by atoms with Crippen LogP contribution in [0, 0.1) is 0 Å². The van der Waals surface area contributed by atoms with Crippen molar-refractivity contribution in [3.05, 3.63) is 71.3 Å². The summed E-state index contributed by atoms with van der Waals surface area (Å²) in [5.41, 5.74) is 10.5. The highest BCUT2D eigenvalue weighted by Gasteiger charge is 2.23. The van der Waals surface area contributed by atoms with Crippen LogP contribution in [-0.4, -0.2) is 5.78 Å². The lowest BCUT2D eigenvalue weighted by Crippen LogP contribution is -2.15. The number of ketones is 1. The minimum Gasteiger partial charge on any atom is -0.398 e. The third-order valence-electron chi connectivity index (χ3n) is 3.30. The number of rotatable bonds is 1. The van der Waals surface area contributed by atoms with Gasteiger partial charge in [-0.1, -0.05) is 54.6 Å². The zero-order chi connectivity index (χ0) is 12.5. The van der Waals surface area contributed by atoms with Crippen LogP contribution >= 0.6 is 0 Å². The van der Waals surface area contributed by atoms with E-state index in [0.29, 0.717) is 6.42 Å². The lowest BCUT2D eigenvalue weighted by atomic mass is 9.85. The van der Waals surface area contributed by atoms with Gasteiger partial charge in [-0.15, -0.1) is 0 Å². The van der Waals surface area contributed by atoms with Gasteiger partial charge in [-0.05, 0) is 11.1 Å². The van der Waals surface area contributed by atoms with E-state index in [0.717, 1.165) is 28.0 Å². The fourth-order valence-electron chi connectivity index (χ4n) is 2.37. The number of carbonyl (C=O) groups is 1. The number of nitrogens with two attached hydrogens (primary N) is 1. The van der Waals surface area contributed by atoms with E-state index >= 15 is 0 Å². The van der Waals surface area contributed by atoms with Crippen LogP contribution in [0.25, 0.3) is 11.3 Å². The van der Waals surface area contributed by atoms with Gasteiger partial charge in [0.05, 0.1) is 0 Å². The first-order valence-corrected chi connectivity index (χ1v) is 5.94. The van der Waals surface area contributed by atoms with Crippen LogP contribution in [0.4, 0.5) is 0 Å². The predicted octanol–water partition coefficient (Wildman–Crippen LogP) is 3.10. The highest BCUT2D eigenvalue weighted by molar-refractivity contribution is 6.13. The smallest absolute Gasteiger partial charge is 0.168 e. The minimum atomic E-state index is 0.138. The first kappa shape index (κ1) is 10.8. The van der Waals surface area contributed by atoms with Crippen LogP contribution in [0.3, 0.4) is 0 Å². The largest absolute Gasteiger partial charge is 0.398 e. The molecular formula is C16H13NO. The Kier molecular flexibility index (Phi) is 2.49. The Hall–Kier alpha value is -2.35. The molecule has 0 amide bonds. The van der Waals surface area contributed by atoms with Gasteiger partial charge in [-0.3, -0.25) is 4.79 Å². The molecule has 2 aromatic carbocycles. The molecule has 2 heteroatoms. The third-order valence-corrected chi connectivity index (χ3v) is 3.30. The van der Waals surface area contributed by atoms with Crippen LogP contribution in [0.1, 0.15) is 27.9 Å². The average molecular weight is 235 g/mol. The molecule has 0 atom stereocenters. The van der Waals surface area contributed by atoms with E-state index in [1.54, 1.807) is 0 Å². The van der Waals surface area contributed by atoms with Crippen LogP contribution in [0.5, 0.6) is 0 Å². The summed E-state index contributed by atoms with van der Waals surface area (Å²) in [6.07, 6.45) is 0.382. The van der Waals surface area contributed by atoms with Gasteiger partial charge in [0, 0.05) is 23.2 Å². The molecule has 0 saturated heterocycles. The fraction of sp³-hybridized carbons (Fsp3) is 0.0625.